The van der Waals surface area contributed by atoms with E-state index in [0.717, 1.165) is 0 Å². The number of carbonyl (C=O) groups is 2. The molecular formula is C7H14N2O3. The molecule has 0 heterocycles. The molecule has 0 radical (unpaired) electrons. The molecule has 0 atom stereocenters. The van der Waals surface area contributed by atoms with E-state index in [4.69, 9.17) is 5.73 Å². The minimum absolute atomic E-state index is 0.221. The normalized spacial score (nSPS) is 9.17. The average molecular weight is 174 g/mol. The minimum Gasteiger partial charge on any atom is -0.469 e. The van der Waals surface area contributed by atoms with E-state index in [0.29, 0.717) is 19.5 Å². The minimum atomic E-state index is -0.528. The Morgan fingerprint density at radius 3 is 2.67 bits per heavy atom. The first-order valence-electron chi connectivity index (χ1n) is 3.74. The molecule has 0 aromatic heterocycles. The van der Waals surface area contributed by atoms with E-state index in [9.17, 15) is 9.59 Å². The molecule has 0 aliphatic heterocycles. The van der Waals surface area contributed by atoms with E-state index in [1.54, 1.807) is 0 Å². The lowest BCUT2D eigenvalue weighted by atomic mass is 10.4. The molecule has 0 saturated carbocycles. The van der Waals surface area contributed by atoms with Crippen LogP contribution in [0.2, 0.25) is 0 Å². The van der Waals surface area contributed by atoms with Gasteiger partial charge in [0.05, 0.1) is 7.11 Å². The Balaban J connectivity index is 3.40. The fraction of sp³-hybridized carbons (Fsp3) is 0.714. The van der Waals surface area contributed by atoms with Crippen LogP contribution in [0.5, 0.6) is 0 Å². The number of nitrogens with one attached hydrogen (secondary N) is 1. The monoisotopic (exact) mass is 174 g/mol. The highest BCUT2D eigenvalue weighted by Crippen LogP contribution is 1.83. The van der Waals surface area contributed by atoms with Crippen LogP contribution < -0.4 is 11.1 Å². The van der Waals surface area contributed by atoms with Gasteiger partial charge in [0.25, 0.3) is 0 Å². The molecule has 5 heteroatoms. The number of carbonyl (C=O) groups excluding carboxylic acids is 2. The molecule has 0 bridgehead atoms. The quantitative estimate of drug-likeness (QED) is 0.319. The van der Waals surface area contributed by atoms with Gasteiger partial charge in [-0.25, -0.2) is 0 Å². The van der Waals surface area contributed by atoms with Crippen molar-refractivity contribution in [1.29, 1.82) is 0 Å². The van der Waals surface area contributed by atoms with Crippen LogP contribution in [0.25, 0.3) is 0 Å². The van der Waals surface area contributed by atoms with Crippen molar-refractivity contribution in [3.63, 3.8) is 0 Å². The van der Waals surface area contributed by atoms with Crippen molar-refractivity contribution in [1.82, 2.24) is 5.32 Å². The topological polar surface area (TPSA) is 81.4 Å². The molecule has 0 unspecified atom stereocenters. The molecule has 5 nitrogen and oxygen atoms in total. The van der Waals surface area contributed by atoms with E-state index in [-0.39, 0.29) is 12.3 Å². The Morgan fingerprint density at radius 1 is 1.50 bits per heavy atom. The number of methoxy groups -OCH3 is 1. The van der Waals surface area contributed by atoms with Gasteiger partial charge in [0, 0.05) is 6.54 Å². The molecule has 0 spiro atoms. The summed E-state index contributed by atoms with van der Waals surface area (Å²) in [6.45, 7) is 1.03. The third-order valence-electron chi connectivity index (χ3n) is 1.24. The number of nitrogens with two attached hydrogens (primary N) is 1. The second-order valence-electron chi connectivity index (χ2n) is 2.25. The molecule has 0 saturated heterocycles. The molecule has 70 valence electrons. The lowest BCUT2D eigenvalue weighted by molar-refractivity contribution is -0.143. The van der Waals surface area contributed by atoms with Crippen LogP contribution in [0.3, 0.4) is 0 Å². The standard InChI is InChI=1S/C7H14N2O3/c1-12-7(11)5-6(10)9-4-2-3-8/h2-5,8H2,1H3,(H,9,10). The number of ether oxygens (including phenoxy) is 1. The zero-order valence-electron chi connectivity index (χ0n) is 7.13. The molecule has 0 aliphatic carbocycles. The summed E-state index contributed by atoms with van der Waals surface area (Å²) >= 11 is 0. The second kappa shape index (κ2) is 6.60. The Bertz CT molecular complexity index is 159. The summed E-state index contributed by atoms with van der Waals surface area (Å²) in [7, 11) is 1.25. The summed E-state index contributed by atoms with van der Waals surface area (Å²) in [5, 5.41) is 2.53. The number of amides is 1. The van der Waals surface area contributed by atoms with Crippen LogP contribution in [0, 0.1) is 0 Å². The van der Waals surface area contributed by atoms with Gasteiger partial charge in [-0.3, -0.25) is 9.59 Å². The van der Waals surface area contributed by atoms with E-state index in [1.807, 2.05) is 0 Å². The smallest absolute Gasteiger partial charge is 0.315 e. The predicted octanol–water partition coefficient (Wildman–Crippen LogP) is -0.985. The van der Waals surface area contributed by atoms with E-state index in [1.165, 1.54) is 7.11 Å². The second-order valence-corrected chi connectivity index (χ2v) is 2.25. The van der Waals surface area contributed by atoms with Gasteiger partial charge in [0.2, 0.25) is 5.91 Å². The Hall–Kier alpha value is -1.10. The zero-order chi connectivity index (χ0) is 9.40. The van der Waals surface area contributed by atoms with Gasteiger partial charge < -0.3 is 15.8 Å². The van der Waals surface area contributed by atoms with Crippen LogP contribution in [0.4, 0.5) is 0 Å². The van der Waals surface area contributed by atoms with Gasteiger partial charge in [0.15, 0.2) is 0 Å². The molecule has 0 aromatic rings. The van der Waals surface area contributed by atoms with Crippen molar-refractivity contribution >= 4 is 11.9 Å². The van der Waals surface area contributed by atoms with E-state index in [2.05, 4.69) is 10.1 Å². The molecule has 12 heavy (non-hydrogen) atoms. The first kappa shape index (κ1) is 10.9. The number of hydrogen-bond acceptors (Lipinski definition) is 4. The van der Waals surface area contributed by atoms with Crippen LogP contribution in [-0.4, -0.2) is 32.1 Å². The SMILES string of the molecule is COC(=O)CC(=O)NCCCN. The Morgan fingerprint density at radius 2 is 2.17 bits per heavy atom. The molecule has 0 fully saturated rings. The molecule has 0 aromatic carbocycles. The fourth-order valence-electron chi connectivity index (χ4n) is 0.596. The van der Waals surface area contributed by atoms with Crippen molar-refractivity contribution in [3.05, 3.63) is 0 Å². The predicted molar refractivity (Wildman–Crippen MR) is 43.3 cm³/mol. The molecule has 1 amide bonds. The van der Waals surface area contributed by atoms with Gasteiger partial charge in [0.1, 0.15) is 6.42 Å². The number of hydrogen-bond donors (Lipinski definition) is 2. The number of rotatable bonds is 5. The molecule has 3 N–H and O–H groups in total. The largest absolute Gasteiger partial charge is 0.469 e. The maximum Gasteiger partial charge on any atom is 0.315 e. The molecular weight excluding hydrogens is 160 g/mol. The third kappa shape index (κ3) is 5.67. The van der Waals surface area contributed by atoms with Crippen LogP contribution in [-0.2, 0) is 14.3 Å². The van der Waals surface area contributed by atoms with Gasteiger partial charge in [-0.1, -0.05) is 0 Å². The lowest BCUT2D eigenvalue weighted by Gasteiger charge is -2.02. The van der Waals surface area contributed by atoms with Gasteiger partial charge >= 0.3 is 5.97 Å². The highest BCUT2D eigenvalue weighted by molar-refractivity contribution is 5.94. The Kier molecular flexibility index (Phi) is 6.00. The highest BCUT2D eigenvalue weighted by atomic mass is 16.5. The molecule has 0 aliphatic rings. The van der Waals surface area contributed by atoms with Crippen LogP contribution in [0.15, 0.2) is 0 Å². The summed E-state index contributed by atoms with van der Waals surface area (Å²) in [6.07, 6.45) is 0.494. The first-order chi connectivity index (χ1) is 5.70. The summed E-state index contributed by atoms with van der Waals surface area (Å²) in [4.78, 5) is 21.4. The number of esters is 1. The zero-order valence-corrected chi connectivity index (χ0v) is 7.13. The van der Waals surface area contributed by atoms with E-state index < -0.39 is 5.97 Å². The third-order valence-corrected chi connectivity index (χ3v) is 1.24. The van der Waals surface area contributed by atoms with Crippen molar-refractivity contribution in [2.24, 2.45) is 5.73 Å². The van der Waals surface area contributed by atoms with Crippen molar-refractivity contribution < 1.29 is 14.3 Å². The maximum absolute atomic E-state index is 10.8. The van der Waals surface area contributed by atoms with Crippen molar-refractivity contribution in [2.75, 3.05) is 20.2 Å². The first-order valence-corrected chi connectivity index (χ1v) is 3.74. The summed E-state index contributed by atoms with van der Waals surface area (Å²) in [5.41, 5.74) is 5.20. The summed E-state index contributed by atoms with van der Waals surface area (Å²) in [6, 6.07) is 0. The van der Waals surface area contributed by atoms with Crippen molar-refractivity contribution in [2.45, 2.75) is 12.8 Å². The Labute approximate surface area is 71.3 Å². The lowest BCUT2D eigenvalue weighted by Crippen LogP contribution is -2.28. The van der Waals surface area contributed by atoms with Crippen LogP contribution in [0.1, 0.15) is 12.8 Å². The molecule has 0 rings (SSSR count). The maximum atomic E-state index is 10.8. The average Bonchev–Trinajstić information content (AvgIpc) is 2.05. The van der Waals surface area contributed by atoms with Gasteiger partial charge in [-0.05, 0) is 13.0 Å². The van der Waals surface area contributed by atoms with Crippen molar-refractivity contribution in [3.8, 4) is 0 Å². The summed E-state index contributed by atoms with van der Waals surface area (Å²) < 4.78 is 4.30. The van der Waals surface area contributed by atoms with Crippen LogP contribution >= 0.6 is 0 Å². The summed E-state index contributed by atoms with van der Waals surface area (Å²) in [5.74, 6) is -0.851. The highest BCUT2D eigenvalue weighted by Gasteiger charge is 2.07. The van der Waals surface area contributed by atoms with Gasteiger partial charge in [-0.15, -0.1) is 0 Å². The van der Waals surface area contributed by atoms with E-state index >= 15 is 0 Å². The van der Waals surface area contributed by atoms with Gasteiger partial charge in [-0.2, -0.15) is 0 Å². The fourth-order valence-corrected chi connectivity index (χ4v) is 0.596.